The van der Waals surface area contributed by atoms with Crippen LogP contribution in [-0.2, 0) is 14.8 Å². The van der Waals surface area contributed by atoms with Gasteiger partial charge in [-0.25, -0.2) is 12.7 Å². The molecule has 2 heterocycles. The van der Waals surface area contributed by atoms with Gasteiger partial charge >= 0.3 is 0 Å². The number of ether oxygens (including phenoxy) is 1. The number of likely N-dealkylation sites (tertiary alicyclic amines) is 1. The molecule has 1 aromatic rings. The highest BCUT2D eigenvalue weighted by Crippen LogP contribution is 2.37. The maximum Gasteiger partial charge on any atom is 0.223 e. The lowest BCUT2D eigenvalue weighted by Crippen LogP contribution is -2.51. The van der Waals surface area contributed by atoms with Gasteiger partial charge in [-0.15, -0.1) is 0 Å². The quantitative estimate of drug-likeness (QED) is 0.624. The maximum absolute atomic E-state index is 13.1. The van der Waals surface area contributed by atoms with E-state index in [4.69, 9.17) is 16.3 Å². The molecule has 0 aromatic heterocycles. The second-order valence-electron chi connectivity index (χ2n) is 8.66. The fourth-order valence-corrected chi connectivity index (χ4v) is 5.78. The van der Waals surface area contributed by atoms with Crippen molar-refractivity contribution in [2.75, 3.05) is 38.5 Å². The summed E-state index contributed by atoms with van der Waals surface area (Å²) in [4.78, 5) is 15.0. The van der Waals surface area contributed by atoms with Crippen LogP contribution in [0.1, 0.15) is 51.0 Å². The summed E-state index contributed by atoms with van der Waals surface area (Å²) in [5, 5.41) is 0.676. The Labute approximate surface area is 185 Å². The number of aryl methyl sites for hydroxylation is 1. The predicted octanol–water partition coefficient (Wildman–Crippen LogP) is 3.86. The van der Waals surface area contributed by atoms with Crippen LogP contribution in [0, 0.1) is 12.3 Å². The number of hydrogen-bond donors (Lipinski definition) is 0. The monoisotopic (exact) mass is 456 g/mol. The zero-order valence-corrected chi connectivity index (χ0v) is 19.6. The molecule has 1 unspecified atom stereocenters. The molecule has 2 fully saturated rings. The van der Waals surface area contributed by atoms with Gasteiger partial charge in [0.25, 0.3) is 0 Å². The van der Waals surface area contributed by atoms with Crippen LogP contribution < -0.4 is 4.74 Å². The molecular weight excluding hydrogens is 424 g/mol. The fraction of sp³-hybridized carbons (Fsp3) is 0.682. The Kier molecular flexibility index (Phi) is 7.69. The number of sulfonamides is 1. The smallest absolute Gasteiger partial charge is 0.223 e. The molecule has 1 aromatic carbocycles. The molecule has 2 saturated heterocycles. The van der Waals surface area contributed by atoms with Crippen LogP contribution in [0.15, 0.2) is 18.2 Å². The van der Waals surface area contributed by atoms with Gasteiger partial charge in [-0.05, 0) is 69.7 Å². The number of rotatable bonds is 7. The first-order valence-corrected chi connectivity index (χ1v) is 12.9. The Morgan fingerprint density at radius 2 is 1.90 bits per heavy atom. The summed E-state index contributed by atoms with van der Waals surface area (Å²) in [6.07, 6.45) is 5.06. The summed E-state index contributed by atoms with van der Waals surface area (Å²) in [6.45, 7) is 6.32. The van der Waals surface area contributed by atoms with Crippen molar-refractivity contribution in [1.82, 2.24) is 9.21 Å². The van der Waals surface area contributed by atoms with Gasteiger partial charge in [0, 0.05) is 43.0 Å². The highest BCUT2D eigenvalue weighted by atomic mass is 35.5. The molecule has 30 heavy (non-hydrogen) atoms. The van der Waals surface area contributed by atoms with E-state index in [0.717, 1.165) is 50.8 Å². The third-order valence-corrected chi connectivity index (χ3v) is 8.55. The van der Waals surface area contributed by atoms with Crippen molar-refractivity contribution in [3.63, 3.8) is 0 Å². The number of benzene rings is 1. The number of carbonyl (C=O) groups excluding carboxylic acids is 1. The zero-order chi connectivity index (χ0) is 21.8. The van der Waals surface area contributed by atoms with Crippen LogP contribution in [-0.4, -0.2) is 62.1 Å². The SMILES string of the molecule is CCS(=O)(=O)N1CCCC(COc2ccc(Cl)c(C)c2)(CC(=O)N2CCCCC2)C1. The van der Waals surface area contributed by atoms with Crippen LogP contribution >= 0.6 is 11.6 Å². The summed E-state index contributed by atoms with van der Waals surface area (Å²) >= 11 is 6.12. The molecule has 0 N–H and O–H groups in total. The average Bonchev–Trinajstić information content (AvgIpc) is 2.75. The topological polar surface area (TPSA) is 66.9 Å². The highest BCUT2D eigenvalue weighted by molar-refractivity contribution is 7.89. The highest BCUT2D eigenvalue weighted by Gasteiger charge is 2.42. The minimum atomic E-state index is -3.31. The molecule has 8 heteroatoms. The third-order valence-electron chi connectivity index (χ3n) is 6.29. The summed E-state index contributed by atoms with van der Waals surface area (Å²) in [6, 6.07) is 5.50. The molecule has 3 rings (SSSR count). The molecule has 6 nitrogen and oxygen atoms in total. The number of hydrogen-bond acceptors (Lipinski definition) is 4. The first kappa shape index (κ1) is 23.4. The molecule has 0 saturated carbocycles. The number of piperidine rings is 2. The third kappa shape index (κ3) is 5.68. The van der Waals surface area contributed by atoms with Crippen LogP contribution in [0.4, 0.5) is 0 Å². The van der Waals surface area contributed by atoms with Crippen molar-refractivity contribution in [2.24, 2.45) is 5.41 Å². The summed E-state index contributed by atoms with van der Waals surface area (Å²) < 4.78 is 32.8. The van der Waals surface area contributed by atoms with Gasteiger partial charge in [0.1, 0.15) is 5.75 Å². The normalized spacial score (nSPS) is 23.4. The van der Waals surface area contributed by atoms with Crippen molar-refractivity contribution in [3.05, 3.63) is 28.8 Å². The van der Waals surface area contributed by atoms with Crippen LogP contribution in [0.25, 0.3) is 0 Å². The van der Waals surface area contributed by atoms with Crippen molar-refractivity contribution < 1.29 is 17.9 Å². The Morgan fingerprint density at radius 3 is 2.57 bits per heavy atom. The van der Waals surface area contributed by atoms with Gasteiger partial charge in [-0.2, -0.15) is 0 Å². The Balaban J connectivity index is 1.79. The lowest BCUT2D eigenvalue weighted by molar-refractivity contribution is -0.136. The molecule has 168 valence electrons. The molecule has 0 aliphatic carbocycles. The molecule has 0 bridgehead atoms. The molecule has 2 aliphatic rings. The molecule has 0 spiro atoms. The zero-order valence-electron chi connectivity index (χ0n) is 18.0. The van der Waals surface area contributed by atoms with Gasteiger partial charge in [0.2, 0.25) is 15.9 Å². The summed E-state index contributed by atoms with van der Waals surface area (Å²) in [7, 11) is -3.31. The van der Waals surface area contributed by atoms with Crippen molar-refractivity contribution in [2.45, 2.75) is 52.4 Å². The first-order chi connectivity index (χ1) is 14.2. The van der Waals surface area contributed by atoms with Crippen molar-refractivity contribution >= 4 is 27.5 Å². The molecule has 1 amide bonds. The molecule has 0 radical (unpaired) electrons. The van der Waals surface area contributed by atoms with Crippen molar-refractivity contribution in [3.8, 4) is 5.75 Å². The number of halogens is 1. The van der Waals surface area contributed by atoms with E-state index in [1.54, 1.807) is 17.3 Å². The molecule has 2 aliphatic heterocycles. The van der Waals surface area contributed by atoms with Crippen LogP contribution in [0.5, 0.6) is 5.75 Å². The second kappa shape index (κ2) is 9.88. The molecule has 1 atom stereocenters. The Bertz CT molecular complexity index is 855. The predicted molar refractivity (Wildman–Crippen MR) is 119 cm³/mol. The maximum atomic E-state index is 13.1. The first-order valence-electron chi connectivity index (χ1n) is 10.9. The average molecular weight is 457 g/mol. The number of nitrogens with zero attached hydrogens (tertiary/aromatic N) is 2. The van der Waals surface area contributed by atoms with E-state index in [2.05, 4.69) is 0 Å². The fourth-order valence-electron chi connectivity index (χ4n) is 4.42. The largest absolute Gasteiger partial charge is 0.493 e. The number of carbonyl (C=O) groups is 1. The summed E-state index contributed by atoms with van der Waals surface area (Å²) in [5.74, 6) is 0.874. The second-order valence-corrected chi connectivity index (χ2v) is 11.3. The summed E-state index contributed by atoms with van der Waals surface area (Å²) in [5.41, 5.74) is 0.397. The van der Waals surface area contributed by atoms with Crippen LogP contribution in [0.3, 0.4) is 0 Å². The Hall–Kier alpha value is -1.31. The minimum absolute atomic E-state index is 0.0698. The van der Waals surface area contributed by atoms with Gasteiger partial charge in [0.05, 0.1) is 12.4 Å². The molecular formula is C22H33ClN2O4S. The van der Waals surface area contributed by atoms with Gasteiger partial charge in [-0.1, -0.05) is 11.6 Å². The van der Waals surface area contributed by atoms with E-state index in [1.807, 2.05) is 24.0 Å². The van der Waals surface area contributed by atoms with E-state index < -0.39 is 15.4 Å². The van der Waals surface area contributed by atoms with Crippen molar-refractivity contribution in [1.29, 1.82) is 0 Å². The van der Waals surface area contributed by atoms with E-state index >= 15 is 0 Å². The van der Waals surface area contributed by atoms with Gasteiger partial charge in [-0.3, -0.25) is 4.79 Å². The standard InChI is InChI=1S/C22H33ClN2O4S/c1-3-30(27,28)25-13-7-10-22(16-25,15-21(26)24-11-5-4-6-12-24)17-29-19-8-9-20(23)18(2)14-19/h8-9,14H,3-7,10-13,15-17H2,1-2H3. The van der Waals surface area contributed by atoms with Gasteiger partial charge in [0.15, 0.2) is 0 Å². The van der Waals surface area contributed by atoms with E-state index in [9.17, 15) is 13.2 Å². The van der Waals surface area contributed by atoms with E-state index in [1.165, 1.54) is 0 Å². The minimum Gasteiger partial charge on any atom is -0.493 e. The van der Waals surface area contributed by atoms with E-state index in [-0.39, 0.29) is 11.7 Å². The van der Waals surface area contributed by atoms with Crippen LogP contribution in [0.2, 0.25) is 5.02 Å². The van der Waals surface area contributed by atoms with E-state index in [0.29, 0.717) is 36.9 Å². The lowest BCUT2D eigenvalue weighted by Gasteiger charge is -2.42. The van der Waals surface area contributed by atoms with Gasteiger partial charge < -0.3 is 9.64 Å². The lowest BCUT2D eigenvalue weighted by atomic mass is 9.78. The number of amides is 1. The Morgan fingerprint density at radius 1 is 1.17 bits per heavy atom.